The van der Waals surface area contributed by atoms with Crippen molar-refractivity contribution in [2.75, 3.05) is 0 Å². The van der Waals surface area contributed by atoms with Gasteiger partial charge in [0, 0.05) is 15.4 Å². The van der Waals surface area contributed by atoms with Gasteiger partial charge in [0.15, 0.2) is 5.78 Å². The summed E-state index contributed by atoms with van der Waals surface area (Å²) in [4.78, 5) is 24.4. The van der Waals surface area contributed by atoms with Gasteiger partial charge in [0.05, 0.1) is 5.56 Å². The number of primary amides is 1. The van der Waals surface area contributed by atoms with E-state index in [0.29, 0.717) is 11.1 Å². The van der Waals surface area contributed by atoms with E-state index in [1.807, 2.05) is 30.3 Å². The molecule has 96 valence electrons. The fourth-order valence-corrected chi connectivity index (χ4v) is 2.68. The van der Waals surface area contributed by atoms with Crippen molar-refractivity contribution < 1.29 is 9.59 Å². The van der Waals surface area contributed by atoms with Crippen molar-refractivity contribution >= 4 is 23.5 Å². The van der Waals surface area contributed by atoms with Gasteiger partial charge in [0.2, 0.25) is 5.91 Å². The summed E-state index contributed by atoms with van der Waals surface area (Å²) in [5.41, 5.74) is 6.48. The first-order chi connectivity index (χ1) is 9.08. The molecule has 0 atom stereocenters. The van der Waals surface area contributed by atoms with Crippen molar-refractivity contribution in [2.24, 2.45) is 5.73 Å². The molecule has 0 saturated carbocycles. The highest BCUT2D eigenvalue weighted by Gasteiger charge is 2.09. The fraction of sp³-hybridized carbons (Fsp3) is 0.0667. The zero-order valence-electron chi connectivity index (χ0n) is 10.4. The predicted octanol–water partition coefficient (Wildman–Crippen LogP) is 3.14. The van der Waals surface area contributed by atoms with Gasteiger partial charge in [-0.05, 0) is 31.2 Å². The minimum absolute atomic E-state index is 0.0191. The Bertz CT molecular complexity index is 638. The number of Topliss-reactive ketones (excluding diaryl/α,β-unsaturated/α-hetero) is 1. The van der Waals surface area contributed by atoms with Crippen LogP contribution in [0, 0.1) is 0 Å². The van der Waals surface area contributed by atoms with E-state index in [0.717, 1.165) is 9.79 Å². The Morgan fingerprint density at radius 3 is 2.47 bits per heavy atom. The van der Waals surface area contributed by atoms with Crippen molar-refractivity contribution in [1.29, 1.82) is 0 Å². The third-order valence-electron chi connectivity index (χ3n) is 2.62. The molecular formula is C15H13NO2S. The molecule has 1 amide bonds. The van der Waals surface area contributed by atoms with E-state index in [4.69, 9.17) is 5.73 Å². The van der Waals surface area contributed by atoms with E-state index < -0.39 is 5.91 Å². The Labute approximate surface area is 115 Å². The summed E-state index contributed by atoms with van der Waals surface area (Å²) in [5.74, 6) is -0.434. The second-order valence-electron chi connectivity index (χ2n) is 4.05. The summed E-state index contributed by atoms with van der Waals surface area (Å²) in [7, 11) is 0. The fourth-order valence-electron chi connectivity index (χ4n) is 1.66. The third kappa shape index (κ3) is 3.23. The largest absolute Gasteiger partial charge is 0.366 e. The second-order valence-corrected chi connectivity index (χ2v) is 5.16. The molecule has 2 N–H and O–H groups in total. The molecule has 0 spiro atoms. The lowest BCUT2D eigenvalue weighted by atomic mass is 10.2. The van der Waals surface area contributed by atoms with E-state index in [-0.39, 0.29) is 5.78 Å². The number of rotatable bonds is 4. The van der Waals surface area contributed by atoms with Crippen molar-refractivity contribution in [3.63, 3.8) is 0 Å². The van der Waals surface area contributed by atoms with E-state index in [1.54, 1.807) is 18.2 Å². The molecule has 2 aromatic carbocycles. The Hall–Kier alpha value is -2.07. The number of nitrogens with two attached hydrogens (primary N) is 1. The predicted molar refractivity (Wildman–Crippen MR) is 75.5 cm³/mol. The SMILES string of the molecule is CC(=O)c1cccc(Sc2ccccc2C(N)=O)c1. The first kappa shape index (κ1) is 13.4. The minimum Gasteiger partial charge on any atom is -0.366 e. The Morgan fingerprint density at radius 1 is 1.05 bits per heavy atom. The van der Waals surface area contributed by atoms with Crippen LogP contribution in [0.25, 0.3) is 0 Å². The van der Waals surface area contributed by atoms with Gasteiger partial charge in [-0.2, -0.15) is 0 Å². The molecule has 4 heteroatoms. The summed E-state index contributed by atoms with van der Waals surface area (Å²) < 4.78 is 0. The third-order valence-corrected chi connectivity index (χ3v) is 3.69. The number of carbonyl (C=O) groups is 2. The van der Waals surface area contributed by atoms with Gasteiger partial charge in [0.25, 0.3) is 0 Å². The Kier molecular flexibility index (Phi) is 4.02. The first-order valence-electron chi connectivity index (χ1n) is 5.75. The summed E-state index contributed by atoms with van der Waals surface area (Å²) in [6.07, 6.45) is 0. The lowest BCUT2D eigenvalue weighted by Gasteiger charge is -2.06. The quantitative estimate of drug-likeness (QED) is 0.869. The molecule has 0 saturated heterocycles. The number of amides is 1. The molecule has 0 heterocycles. The normalized spacial score (nSPS) is 10.2. The van der Waals surface area contributed by atoms with Crippen LogP contribution in [0.4, 0.5) is 0 Å². The van der Waals surface area contributed by atoms with E-state index in [2.05, 4.69) is 0 Å². The molecule has 0 aliphatic carbocycles. The smallest absolute Gasteiger partial charge is 0.249 e. The minimum atomic E-state index is -0.453. The molecule has 2 aromatic rings. The standard InChI is InChI=1S/C15H13NO2S/c1-10(17)11-5-4-6-12(9-11)19-14-8-3-2-7-13(14)15(16)18/h2-9H,1H3,(H2,16,18). The van der Waals surface area contributed by atoms with Gasteiger partial charge < -0.3 is 5.73 Å². The number of hydrogen-bond acceptors (Lipinski definition) is 3. The molecule has 0 aliphatic rings. The van der Waals surface area contributed by atoms with E-state index in [9.17, 15) is 9.59 Å². The molecular weight excluding hydrogens is 258 g/mol. The van der Waals surface area contributed by atoms with Crippen molar-refractivity contribution in [1.82, 2.24) is 0 Å². The van der Waals surface area contributed by atoms with E-state index >= 15 is 0 Å². The molecule has 0 fully saturated rings. The summed E-state index contributed by atoms with van der Waals surface area (Å²) in [6, 6.07) is 14.5. The number of ketones is 1. The molecule has 2 rings (SSSR count). The van der Waals surface area contributed by atoms with Crippen LogP contribution in [-0.2, 0) is 0 Å². The van der Waals surface area contributed by atoms with Gasteiger partial charge in [-0.1, -0.05) is 36.0 Å². The van der Waals surface area contributed by atoms with Gasteiger partial charge in [-0.15, -0.1) is 0 Å². The molecule has 0 unspecified atom stereocenters. The average molecular weight is 271 g/mol. The number of hydrogen-bond donors (Lipinski definition) is 1. The molecule has 19 heavy (non-hydrogen) atoms. The molecule has 0 radical (unpaired) electrons. The monoisotopic (exact) mass is 271 g/mol. The summed E-state index contributed by atoms with van der Waals surface area (Å²) in [6.45, 7) is 1.53. The molecule has 0 aliphatic heterocycles. The van der Waals surface area contributed by atoms with Crippen LogP contribution in [0.1, 0.15) is 27.6 Å². The molecule has 3 nitrogen and oxygen atoms in total. The maximum atomic E-state index is 11.3. The Morgan fingerprint density at radius 2 is 1.79 bits per heavy atom. The maximum Gasteiger partial charge on any atom is 0.249 e. The van der Waals surface area contributed by atoms with Gasteiger partial charge >= 0.3 is 0 Å². The lowest BCUT2D eigenvalue weighted by molar-refractivity contribution is 0.0993. The van der Waals surface area contributed by atoms with Crippen LogP contribution in [0.2, 0.25) is 0 Å². The van der Waals surface area contributed by atoms with Crippen LogP contribution in [0.3, 0.4) is 0 Å². The highest BCUT2D eigenvalue weighted by molar-refractivity contribution is 7.99. The van der Waals surface area contributed by atoms with Gasteiger partial charge in [-0.25, -0.2) is 0 Å². The maximum absolute atomic E-state index is 11.3. The van der Waals surface area contributed by atoms with Gasteiger partial charge in [0.1, 0.15) is 0 Å². The zero-order chi connectivity index (χ0) is 13.8. The number of benzene rings is 2. The van der Waals surface area contributed by atoms with Crippen LogP contribution >= 0.6 is 11.8 Å². The van der Waals surface area contributed by atoms with Gasteiger partial charge in [-0.3, -0.25) is 9.59 Å². The Balaban J connectivity index is 2.34. The first-order valence-corrected chi connectivity index (χ1v) is 6.57. The van der Waals surface area contributed by atoms with Crippen molar-refractivity contribution in [2.45, 2.75) is 16.7 Å². The number of carbonyl (C=O) groups excluding carboxylic acids is 2. The lowest BCUT2D eigenvalue weighted by Crippen LogP contribution is -2.11. The summed E-state index contributed by atoms with van der Waals surface area (Å²) in [5, 5.41) is 0. The van der Waals surface area contributed by atoms with Crippen LogP contribution in [-0.4, -0.2) is 11.7 Å². The topological polar surface area (TPSA) is 60.2 Å². The van der Waals surface area contributed by atoms with Crippen molar-refractivity contribution in [3.05, 3.63) is 59.7 Å². The molecule has 0 aromatic heterocycles. The van der Waals surface area contributed by atoms with Crippen LogP contribution in [0.5, 0.6) is 0 Å². The van der Waals surface area contributed by atoms with Crippen molar-refractivity contribution in [3.8, 4) is 0 Å². The highest BCUT2D eigenvalue weighted by Crippen LogP contribution is 2.30. The van der Waals surface area contributed by atoms with E-state index in [1.165, 1.54) is 18.7 Å². The highest BCUT2D eigenvalue weighted by atomic mass is 32.2. The average Bonchev–Trinajstić information content (AvgIpc) is 2.39. The molecule has 0 bridgehead atoms. The zero-order valence-corrected chi connectivity index (χ0v) is 11.2. The van der Waals surface area contributed by atoms with Crippen LogP contribution in [0.15, 0.2) is 58.3 Å². The second kappa shape index (κ2) is 5.71. The van der Waals surface area contributed by atoms with Crippen LogP contribution < -0.4 is 5.73 Å². The summed E-state index contributed by atoms with van der Waals surface area (Å²) >= 11 is 1.42.